The van der Waals surface area contributed by atoms with Crippen molar-refractivity contribution in [2.45, 2.75) is 13.8 Å². The monoisotopic (exact) mass is 377 g/mol. The summed E-state index contributed by atoms with van der Waals surface area (Å²) in [6, 6.07) is 31.8. The average Bonchev–Trinajstić information content (AvgIpc) is 3.14. The standard InChI is InChI=1S/C26H23N3/c1-19-10-6-8-14-22(19)23-16-17-25-26(27-23)28(21-12-4-3-5-13-21)18-29(25)24-15-9-7-11-20(24)2/h3-17H,18H2,1-2H3. The van der Waals surface area contributed by atoms with Gasteiger partial charge in [-0.3, -0.25) is 0 Å². The first kappa shape index (κ1) is 17.5. The van der Waals surface area contributed by atoms with E-state index in [1.165, 1.54) is 22.4 Å². The van der Waals surface area contributed by atoms with Crippen LogP contribution in [0.4, 0.5) is 22.9 Å². The Morgan fingerprint density at radius 1 is 0.621 bits per heavy atom. The number of benzene rings is 3. The predicted octanol–water partition coefficient (Wildman–Crippen LogP) is 6.61. The first-order chi connectivity index (χ1) is 14.2. The summed E-state index contributed by atoms with van der Waals surface area (Å²) < 4.78 is 0. The predicted molar refractivity (Wildman–Crippen MR) is 121 cm³/mol. The molecular formula is C26H23N3. The summed E-state index contributed by atoms with van der Waals surface area (Å²) in [5.41, 5.74) is 8.20. The van der Waals surface area contributed by atoms with Crippen molar-refractivity contribution >= 4 is 22.9 Å². The van der Waals surface area contributed by atoms with Crippen LogP contribution in [0.2, 0.25) is 0 Å². The van der Waals surface area contributed by atoms with Crippen molar-refractivity contribution in [3.8, 4) is 11.3 Å². The summed E-state index contributed by atoms with van der Waals surface area (Å²) in [4.78, 5) is 9.78. The number of aromatic nitrogens is 1. The van der Waals surface area contributed by atoms with Crippen molar-refractivity contribution in [1.29, 1.82) is 0 Å². The second kappa shape index (κ2) is 7.10. The second-order valence-corrected chi connectivity index (χ2v) is 7.47. The highest BCUT2D eigenvalue weighted by Gasteiger charge is 2.30. The Morgan fingerprint density at radius 2 is 1.31 bits per heavy atom. The highest BCUT2D eigenvalue weighted by Crippen LogP contribution is 2.44. The largest absolute Gasteiger partial charge is 0.319 e. The minimum absolute atomic E-state index is 0.744. The normalized spacial score (nSPS) is 12.9. The molecule has 0 saturated heterocycles. The molecule has 0 spiro atoms. The van der Waals surface area contributed by atoms with Gasteiger partial charge in [0.05, 0.1) is 11.4 Å². The van der Waals surface area contributed by atoms with Gasteiger partial charge in [0.1, 0.15) is 6.67 Å². The molecular weight excluding hydrogens is 354 g/mol. The van der Waals surface area contributed by atoms with Gasteiger partial charge in [0.2, 0.25) is 0 Å². The van der Waals surface area contributed by atoms with Crippen LogP contribution in [0.25, 0.3) is 11.3 Å². The van der Waals surface area contributed by atoms with Crippen molar-refractivity contribution in [2.75, 3.05) is 16.5 Å². The van der Waals surface area contributed by atoms with Gasteiger partial charge in [-0.15, -0.1) is 0 Å². The zero-order valence-corrected chi connectivity index (χ0v) is 16.7. The lowest BCUT2D eigenvalue weighted by atomic mass is 10.1. The van der Waals surface area contributed by atoms with E-state index < -0.39 is 0 Å². The average molecular weight is 377 g/mol. The number of hydrogen-bond acceptors (Lipinski definition) is 3. The van der Waals surface area contributed by atoms with E-state index in [0.29, 0.717) is 0 Å². The van der Waals surface area contributed by atoms with Crippen molar-refractivity contribution in [1.82, 2.24) is 4.98 Å². The Kier molecular flexibility index (Phi) is 4.28. The third-order valence-corrected chi connectivity index (χ3v) is 5.58. The fraction of sp³-hybridized carbons (Fsp3) is 0.115. The minimum Gasteiger partial charge on any atom is -0.319 e. The molecule has 0 bridgehead atoms. The molecule has 1 aromatic heterocycles. The van der Waals surface area contributed by atoms with Gasteiger partial charge < -0.3 is 9.80 Å². The van der Waals surface area contributed by atoms with Crippen LogP contribution in [-0.4, -0.2) is 11.7 Å². The van der Waals surface area contributed by atoms with E-state index in [-0.39, 0.29) is 0 Å². The van der Waals surface area contributed by atoms with E-state index in [4.69, 9.17) is 4.98 Å². The summed E-state index contributed by atoms with van der Waals surface area (Å²) in [6.45, 7) is 5.04. The van der Waals surface area contributed by atoms with E-state index in [9.17, 15) is 0 Å². The van der Waals surface area contributed by atoms with Gasteiger partial charge in [-0.25, -0.2) is 4.98 Å². The molecule has 4 aromatic rings. The van der Waals surface area contributed by atoms with Gasteiger partial charge in [-0.2, -0.15) is 0 Å². The number of hydrogen-bond donors (Lipinski definition) is 0. The lowest BCUT2D eigenvalue weighted by Crippen LogP contribution is -2.24. The Hall–Kier alpha value is -3.59. The Morgan fingerprint density at radius 3 is 2.07 bits per heavy atom. The molecule has 0 saturated carbocycles. The maximum absolute atomic E-state index is 5.13. The topological polar surface area (TPSA) is 19.4 Å². The number of fused-ring (bicyclic) bond motifs is 1. The van der Waals surface area contributed by atoms with E-state index in [1.807, 2.05) is 0 Å². The van der Waals surface area contributed by atoms with Crippen LogP contribution in [0.1, 0.15) is 11.1 Å². The molecule has 1 aliphatic rings. The number of pyridine rings is 1. The zero-order valence-electron chi connectivity index (χ0n) is 16.7. The number of nitrogens with zero attached hydrogens (tertiary/aromatic N) is 3. The zero-order chi connectivity index (χ0) is 19.8. The summed E-state index contributed by atoms with van der Waals surface area (Å²) >= 11 is 0. The molecule has 0 N–H and O–H groups in total. The van der Waals surface area contributed by atoms with Gasteiger partial charge in [0.25, 0.3) is 0 Å². The quantitative estimate of drug-likeness (QED) is 0.400. The van der Waals surface area contributed by atoms with Crippen LogP contribution < -0.4 is 9.80 Å². The molecule has 0 unspecified atom stereocenters. The second-order valence-electron chi connectivity index (χ2n) is 7.47. The number of aryl methyl sites for hydroxylation is 2. The summed E-state index contributed by atoms with van der Waals surface area (Å²) in [6.07, 6.45) is 0. The fourth-order valence-electron chi connectivity index (χ4n) is 4.03. The minimum atomic E-state index is 0.744. The molecule has 29 heavy (non-hydrogen) atoms. The van der Waals surface area contributed by atoms with Gasteiger partial charge in [-0.1, -0.05) is 60.7 Å². The van der Waals surface area contributed by atoms with Gasteiger partial charge >= 0.3 is 0 Å². The lowest BCUT2D eigenvalue weighted by molar-refractivity contribution is 0.977. The third-order valence-electron chi connectivity index (χ3n) is 5.58. The SMILES string of the molecule is Cc1ccccc1-c1ccc2c(n1)N(c1ccccc1)CN2c1ccccc1C. The molecule has 142 valence electrons. The molecule has 0 radical (unpaired) electrons. The summed E-state index contributed by atoms with van der Waals surface area (Å²) in [5.74, 6) is 1.00. The van der Waals surface area contributed by atoms with Gasteiger partial charge in [0, 0.05) is 16.9 Å². The van der Waals surface area contributed by atoms with Crippen LogP contribution in [0.15, 0.2) is 91.0 Å². The van der Waals surface area contributed by atoms with Crippen LogP contribution >= 0.6 is 0 Å². The molecule has 0 amide bonds. The Balaban J connectivity index is 1.67. The van der Waals surface area contributed by atoms with Crippen molar-refractivity contribution in [3.05, 3.63) is 102 Å². The molecule has 3 heteroatoms. The Labute approximate surface area is 171 Å². The number of rotatable bonds is 3. The van der Waals surface area contributed by atoms with Crippen molar-refractivity contribution < 1.29 is 0 Å². The van der Waals surface area contributed by atoms with Gasteiger partial charge in [-0.05, 0) is 55.3 Å². The molecule has 3 aromatic carbocycles. The van der Waals surface area contributed by atoms with Crippen molar-refractivity contribution in [3.63, 3.8) is 0 Å². The molecule has 3 nitrogen and oxygen atoms in total. The summed E-state index contributed by atoms with van der Waals surface area (Å²) in [7, 11) is 0. The first-order valence-electron chi connectivity index (χ1n) is 9.95. The highest BCUT2D eigenvalue weighted by atomic mass is 15.4. The fourth-order valence-corrected chi connectivity index (χ4v) is 4.03. The molecule has 5 rings (SSSR count). The maximum Gasteiger partial charge on any atom is 0.159 e. The molecule has 0 fully saturated rings. The molecule has 1 aliphatic heterocycles. The lowest BCUT2D eigenvalue weighted by Gasteiger charge is -2.22. The van der Waals surface area contributed by atoms with Crippen LogP contribution in [0.5, 0.6) is 0 Å². The van der Waals surface area contributed by atoms with E-state index >= 15 is 0 Å². The highest BCUT2D eigenvalue weighted by molar-refractivity contribution is 5.86. The number of para-hydroxylation sites is 2. The van der Waals surface area contributed by atoms with E-state index in [1.54, 1.807) is 0 Å². The smallest absolute Gasteiger partial charge is 0.159 e. The van der Waals surface area contributed by atoms with Crippen LogP contribution in [-0.2, 0) is 0 Å². The van der Waals surface area contributed by atoms with Crippen molar-refractivity contribution in [2.24, 2.45) is 0 Å². The van der Waals surface area contributed by atoms with Gasteiger partial charge in [0.15, 0.2) is 5.82 Å². The number of anilines is 4. The van der Waals surface area contributed by atoms with E-state index in [0.717, 1.165) is 29.6 Å². The molecule has 0 atom stereocenters. The third kappa shape index (κ3) is 3.05. The van der Waals surface area contributed by atoms with E-state index in [2.05, 4.69) is 115 Å². The molecule has 2 heterocycles. The summed E-state index contributed by atoms with van der Waals surface area (Å²) in [5, 5.41) is 0. The Bertz CT molecular complexity index is 1170. The molecule has 0 aliphatic carbocycles. The first-order valence-corrected chi connectivity index (χ1v) is 9.95. The van der Waals surface area contributed by atoms with Crippen LogP contribution in [0, 0.1) is 13.8 Å². The maximum atomic E-state index is 5.13. The van der Waals surface area contributed by atoms with Crippen LogP contribution in [0.3, 0.4) is 0 Å².